The van der Waals surface area contributed by atoms with E-state index in [-0.39, 0.29) is 5.91 Å². The number of nitrogens with one attached hydrogen (secondary N) is 2. The van der Waals surface area contributed by atoms with Crippen LogP contribution in [0, 0.1) is 0 Å². The zero-order valence-electron chi connectivity index (χ0n) is 17.4. The maximum absolute atomic E-state index is 12.4. The van der Waals surface area contributed by atoms with Gasteiger partial charge in [0.05, 0.1) is 17.9 Å². The normalized spacial score (nSPS) is 17.3. The lowest BCUT2D eigenvalue weighted by atomic mass is 10.1. The van der Waals surface area contributed by atoms with Crippen molar-refractivity contribution < 1.29 is 24.6 Å². The highest BCUT2D eigenvalue weighted by Crippen LogP contribution is 2.28. The zero-order valence-corrected chi connectivity index (χ0v) is 17.4. The Labute approximate surface area is 177 Å². The average molecular weight is 420 g/mol. The molecule has 0 atom stereocenters. The second kappa shape index (κ2) is 12.8. The summed E-state index contributed by atoms with van der Waals surface area (Å²) in [7, 11) is 0. The first-order valence-corrected chi connectivity index (χ1v) is 10.8. The molecule has 1 amide bonds. The van der Waals surface area contributed by atoms with Gasteiger partial charge in [-0.3, -0.25) is 4.79 Å². The van der Waals surface area contributed by atoms with Crippen molar-refractivity contribution >= 4 is 29.2 Å². The number of piperidine rings is 1. The second-order valence-electron chi connectivity index (χ2n) is 7.79. The van der Waals surface area contributed by atoms with Gasteiger partial charge in [0.15, 0.2) is 0 Å². The first-order valence-electron chi connectivity index (χ1n) is 10.8. The van der Waals surface area contributed by atoms with Crippen LogP contribution in [0.25, 0.3) is 0 Å². The molecule has 1 aliphatic carbocycles. The van der Waals surface area contributed by atoms with E-state index in [2.05, 4.69) is 27.7 Å². The number of carbonyl (C=O) groups excluding carboxylic acids is 1. The summed E-state index contributed by atoms with van der Waals surface area (Å²) >= 11 is 0. The van der Waals surface area contributed by atoms with Crippen molar-refractivity contribution in [2.45, 2.75) is 63.8 Å². The van der Waals surface area contributed by atoms with Crippen LogP contribution in [0.3, 0.4) is 0 Å². The van der Waals surface area contributed by atoms with Gasteiger partial charge >= 0.3 is 11.9 Å². The topological polar surface area (TPSA) is 119 Å². The van der Waals surface area contributed by atoms with E-state index < -0.39 is 11.9 Å². The molecule has 0 unspecified atom stereocenters. The molecular weight excluding hydrogens is 386 g/mol. The van der Waals surface area contributed by atoms with Crippen LogP contribution >= 0.6 is 0 Å². The molecule has 1 saturated heterocycles. The minimum Gasteiger partial charge on any atom is -0.473 e. The Hall–Kier alpha value is -2.61. The molecule has 2 fully saturated rings. The first-order chi connectivity index (χ1) is 14.5. The van der Waals surface area contributed by atoms with E-state index >= 15 is 0 Å². The maximum Gasteiger partial charge on any atom is 0.414 e. The second-order valence-corrected chi connectivity index (χ2v) is 7.79. The Morgan fingerprint density at radius 1 is 0.867 bits per heavy atom. The Morgan fingerprint density at radius 3 is 2.03 bits per heavy atom. The summed E-state index contributed by atoms with van der Waals surface area (Å²) in [5.74, 6) is -3.58. The summed E-state index contributed by atoms with van der Waals surface area (Å²) in [5, 5.41) is 21.4. The molecule has 0 bridgehead atoms. The number of benzene rings is 1. The van der Waals surface area contributed by atoms with Crippen LogP contribution in [-0.4, -0.2) is 53.7 Å². The van der Waals surface area contributed by atoms with Crippen molar-refractivity contribution in [2.24, 2.45) is 0 Å². The predicted molar refractivity (Wildman–Crippen MR) is 116 cm³/mol. The quantitative estimate of drug-likeness (QED) is 0.428. The lowest BCUT2D eigenvalue weighted by Gasteiger charge is -2.30. The minimum absolute atomic E-state index is 0.0729. The van der Waals surface area contributed by atoms with Crippen molar-refractivity contribution in [1.29, 1.82) is 0 Å². The Morgan fingerprint density at radius 2 is 1.43 bits per heavy atom. The van der Waals surface area contributed by atoms with Gasteiger partial charge in [0, 0.05) is 19.1 Å². The fraction of sp³-hybridized carbons (Fsp3) is 0.591. The molecule has 166 valence electrons. The largest absolute Gasteiger partial charge is 0.473 e. The Kier molecular flexibility index (Phi) is 10.1. The first kappa shape index (κ1) is 23.7. The standard InChI is InChI=1S/C20H31N3O.C2H2O4/c24-20(16-21-17-10-4-1-2-5-11-17)22-18-12-6-7-13-19(18)23-14-8-3-9-15-23;3-1(4)2(5)6/h6-7,12-13,17,21H,1-5,8-11,14-16H2,(H,22,24);(H,3,4)(H,5,6). The van der Waals surface area contributed by atoms with E-state index in [1.807, 2.05) is 12.1 Å². The summed E-state index contributed by atoms with van der Waals surface area (Å²) in [6, 6.07) is 8.72. The van der Waals surface area contributed by atoms with Crippen molar-refractivity contribution in [3.63, 3.8) is 0 Å². The highest BCUT2D eigenvalue weighted by atomic mass is 16.4. The number of rotatable bonds is 5. The number of carboxylic acids is 2. The number of nitrogens with zero attached hydrogens (tertiary/aromatic N) is 1. The van der Waals surface area contributed by atoms with Gasteiger partial charge in [-0.15, -0.1) is 0 Å². The van der Waals surface area contributed by atoms with E-state index in [9.17, 15) is 4.79 Å². The highest BCUT2D eigenvalue weighted by molar-refractivity contribution is 6.27. The van der Waals surface area contributed by atoms with Crippen LogP contribution in [0.1, 0.15) is 57.8 Å². The van der Waals surface area contributed by atoms with E-state index in [0.29, 0.717) is 12.6 Å². The third-order valence-electron chi connectivity index (χ3n) is 5.46. The van der Waals surface area contributed by atoms with Crippen LogP contribution in [-0.2, 0) is 14.4 Å². The molecule has 1 aromatic carbocycles. The monoisotopic (exact) mass is 419 g/mol. The van der Waals surface area contributed by atoms with Gasteiger partial charge in [-0.05, 0) is 44.2 Å². The predicted octanol–water partition coefficient (Wildman–Crippen LogP) is 3.08. The molecular formula is C22H33N3O5. The number of para-hydroxylation sites is 2. The Balaban J connectivity index is 0.000000469. The fourth-order valence-corrected chi connectivity index (χ4v) is 3.90. The highest BCUT2D eigenvalue weighted by Gasteiger charge is 2.16. The number of carbonyl (C=O) groups is 3. The molecule has 3 rings (SSSR count). The van der Waals surface area contributed by atoms with Crippen molar-refractivity contribution in [2.75, 3.05) is 29.9 Å². The lowest BCUT2D eigenvalue weighted by molar-refractivity contribution is -0.159. The molecule has 1 heterocycles. The van der Waals surface area contributed by atoms with Crippen LogP contribution in [0.2, 0.25) is 0 Å². The SMILES string of the molecule is O=C(CNC1CCCCCC1)Nc1ccccc1N1CCCCC1.O=C(O)C(=O)O. The number of hydrogen-bond donors (Lipinski definition) is 4. The summed E-state index contributed by atoms with van der Waals surface area (Å²) in [6.07, 6.45) is 11.5. The number of aliphatic carboxylic acids is 2. The van der Waals surface area contributed by atoms with E-state index in [1.54, 1.807) is 0 Å². The molecule has 4 N–H and O–H groups in total. The molecule has 30 heavy (non-hydrogen) atoms. The van der Waals surface area contributed by atoms with E-state index in [0.717, 1.165) is 18.8 Å². The smallest absolute Gasteiger partial charge is 0.414 e. The summed E-state index contributed by atoms with van der Waals surface area (Å²) in [6.45, 7) is 2.60. The molecule has 0 spiro atoms. The fourth-order valence-electron chi connectivity index (χ4n) is 3.90. The number of anilines is 2. The molecule has 1 aromatic rings. The lowest BCUT2D eigenvalue weighted by Crippen LogP contribution is -2.36. The van der Waals surface area contributed by atoms with Gasteiger partial charge in [0.2, 0.25) is 5.91 Å². The van der Waals surface area contributed by atoms with Gasteiger partial charge < -0.3 is 25.7 Å². The molecule has 1 aliphatic heterocycles. The summed E-state index contributed by atoms with van der Waals surface area (Å²) < 4.78 is 0. The third-order valence-corrected chi connectivity index (χ3v) is 5.46. The van der Waals surface area contributed by atoms with Gasteiger partial charge in [0.1, 0.15) is 0 Å². The molecule has 8 heteroatoms. The van der Waals surface area contributed by atoms with Crippen LogP contribution in [0.15, 0.2) is 24.3 Å². The summed E-state index contributed by atoms with van der Waals surface area (Å²) in [4.78, 5) is 33.0. The number of amides is 1. The average Bonchev–Trinajstić information content (AvgIpc) is 3.03. The minimum atomic E-state index is -1.82. The van der Waals surface area contributed by atoms with Crippen molar-refractivity contribution in [3.05, 3.63) is 24.3 Å². The Bertz CT molecular complexity index is 684. The maximum atomic E-state index is 12.4. The van der Waals surface area contributed by atoms with Crippen molar-refractivity contribution in [1.82, 2.24) is 5.32 Å². The van der Waals surface area contributed by atoms with E-state index in [1.165, 1.54) is 63.5 Å². The third kappa shape index (κ3) is 8.41. The molecule has 0 aromatic heterocycles. The summed E-state index contributed by atoms with van der Waals surface area (Å²) in [5.41, 5.74) is 2.12. The van der Waals surface area contributed by atoms with Gasteiger partial charge in [-0.2, -0.15) is 0 Å². The molecule has 1 saturated carbocycles. The van der Waals surface area contributed by atoms with E-state index in [4.69, 9.17) is 19.8 Å². The van der Waals surface area contributed by atoms with Crippen LogP contribution in [0.5, 0.6) is 0 Å². The molecule has 0 radical (unpaired) electrons. The van der Waals surface area contributed by atoms with Crippen LogP contribution in [0.4, 0.5) is 11.4 Å². The van der Waals surface area contributed by atoms with Gasteiger partial charge in [-0.1, -0.05) is 37.8 Å². The number of carboxylic acid groups (broad SMARTS) is 2. The zero-order chi connectivity index (χ0) is 21.8. The van der Waals surface area contributed by atoms with Gasteiger partial charge in [-0.25, -0.2) is 9.59 Å². The van der Waals surface area contributed by atoms with Gasteiger partial charge in [0.25, 0.3) is 0 Å². The number of hydrogen-bond acceptors (Lipinski definition) is 5. The van der Waals surface area contributed by atoms with Crippen LogP contribution < -0.4 is 15.5 Å². The molecule has 2 aliphatic rings. The molecule has 8 nitrogen and oxygen atoms in total. The van der Waals surface area contributed by atoms with Crippen molar-refractivity contribution in [3.8, 4) is 0 Å².